The molecule has 0 bridgehead atoms. The number of benzene rings is 1. The molecule has 13 heteroatoms. The van der Waals surface area contributed by atoms with Crippen molar-refractivity contribution in [2.45, 2.75) is 64.1 Å². The number of carbonyl (C=O) groups excluding carboxylic acids is 6. The molecule has 2 atom stereocenters. The summed E-state index contributed by atoms with van der Waals surface area (Å²) in [6.07, 6.45) is 1.26. The number of ether oxygens (including phenoxy) is 1. The molecule has 6 amide bonds. The first kappa shape index (κ1) is 29.5. The first-order chi connectivity index (χ1) is 19.9. The summed E-state index contributed by atoms with van der Waals surface area (Å²) in [5, 5.41) is 5.10. The molecule has 1 aromatic rings. The van der Waals surface area contributed by atoms with E-state index in [2.05, 4.69) is 15.5 Å². The zero-order valence-electron chi connectivity index (χ0n) is 24.3. The zero-order valence-corrected chi connectivity index (χ0v) is 24.3. The second kappa shape index (κ2) is 11.7. The summed E-state index contributed by atoms with van der Waals surface area (Å²) >= 11 is 0. The Morgan fingerprint density at radius 3 is 2.43 bits per heavy atom. The molecule has 1 aromatic carbocycles. The summed E-state index contributed by atoms with van der Waals surface area (Å²) in [6, 6.07) is 3.93. The summed E-state index contributed by atoms with van der Waals surface area (Å²) in [6.45, 7) is 9.02. The van der Waals surface area contributed by atoms with Crippen LogP contribution in [0.5, 0.6) is 0 Å². The molecule has 226 valence electrons. The molecule has 0 spiro atoms. The van der Waals surface area contributed by atoms with E-state index in [4.69, 9.17) is 4.74 Å². The topological polar surface area (TPSA) is 149 Å². The number of alkyl carbamates (subject to hydrolysis) is 1. The van der Waals surface area contributed by atoms with Gasteiger partial charge >= 0.3 is 6.09 Å². The monoisotopic (exact) mass is 582 g/mol. The highest BCUT2D eigenvalue weighted by molar-refractivity contribution is 6.25. The molecule has 1 unspecified atom stereocenters. The minimum Gasteiger partial charge on any atom is -0.444 e. The van der Waals surface area contributed by atoms with Crippen LogP contribution in [-0.2, 0) is 19.1 Å². The van der Waals surface area contributed by atoms with Crippen molar-refractivity contribution >= 4 is 41.3 Å². The van der Waals surface area contributed by atoms with Crippen molar-refractivity contribution in [3.8, 4) is 0 Å². The highest BCUT2D eigenvalue weighted by Crippen LogP contribution is 2.34. The normalized spacial score (nSPS) is 23.5. The number of carbonyl (C=O) groups is 6. The maximum Gasteiger partial charge on any atom is 0.407 e. The summed E-state index contributed by atoms with van der Waals surface area (Å²) in [5.41, 5.74) is 0.554. The minimum absolute atomic E-state index is 0.000369. The van der Waals surface area contributed by atoms with Crippen molar-refractivity contribution in [2.75, 3.05) is 50.7 Å². The van der Waals surface area contributed by atoms with Gasteiger partial charge in [-0.3, -0.25) is 39.1 Å². The smallest absolute Gasteiger partial charge is 0.407 e. The molecule has 4 aliphatic heterocycles. The Kier molecular flexibility index (Phi) is 8.22. The molecule has 0 radical (unpaired) electrons. The van der Waals surface area contributed by atoms with E-state index in [0.717, 1.165) is 17.7 Å². The second-order valence-corrected chi connectivity index (χ2v) is 12.2. The number of amides is 6. The number of hydrogen-bond donors (Lipinski definition) is 2. The van der Waals surface area contributed by atoms with E-state index >= 15 is 0 Å². The summed E-state index contributed by atoms with van der Waals surface area (Å²) in [7, 11) is 0. The Bertz CT molecular complexity index is 1300. The van der Waals surface area contributed by atoms with E-state index in [-0.39, 0.29) is 42.5 Å². The van der Waals surface area contributed by atoms with Crippen LogP contribution in [0.25, 0.3) is 0 Å². The quantitative estimate of drug-likeness (QED) is 0.479. The SMILES string of the molecule is CC(C)(C)OC(=O)N[C@H]1CCCN(C(=O)CN2CCN(c3cccc4c3C(=O)N(C3CCC(=O)NC3=O)C4=O)CC2)C1. The number of piperidine rings is 2. The van der Waals surface area contributed by atoms with Crippen molar-refractivity contribution in [1.82, 2.24) is 25.3 Å². The fraction of sp³-hybridized carbons (Fsp3) is 0.586. The Balaban J connectivity index is 1.17. The number of fused-ring (bicyclic) bond motifs is 1. The lowest BCUT2D eigenvalue weighted by Crippen LogP contribution is -2.54. The third-order valence-corrected chi connectivity index (χ3v) is 8.01. The Labute approximate surface area is 244 Å². The van der Waals surface area contributed by atoms with Crippen LogP contribution in [0.15, 0.2) is 18.2 Å². The predicted octanol–water partition coefficient (Wildman–Crippen LogP) is 0.726. The van der Waals surface area contributed by atoms with Gasteiger partial charge in [-0.05, 0) is 52.2 Å². The number of rotatable bonds is 5. The van der Waals surface area contributed by atoms with Gasteiger partial charge in [0.15, 0.2) is 0 Å². The molecular formula is C29H38N6O7. The third-order valence-electron chi connectivity index (χ3n) is 8.01. The lowest BCUT2D eigenvalue weighted by molar-refractivity contribution is -0.136. The van der Waals surface area contributed by atoms with Gasteiger partial charge in [-0.25, -0.2) is 4.79 Å². The van der Waals surface area contributed by atoms with Crippen molar-refractivity contribution in [2.24, 2.45) is 0 Å². The van der Waals surface area contributed by atoms with E-state index in [0.29, 0.717) is 45.0 Å². The first-order valence-corrected chi connectivity index (χ1v) is 14.5. The van der Waals surface area contributed by atoms with E-state index in [9.17, 15) is 28.8 Å². The van der Waals surface area contributed by atoms with Gasteiger partial charge in [-0.1, -0.05) is 6.07 Å². The van der Waals surface area contributed by atoms with Crippen molar-refractivity contribution in [1.29, 1.82) is 0 Å². The molecule has 4 aliphatic rings. The van der Waals surface area contributed by atoms with Gasteiger partial charge in [0.1, 0.15) is 11.6 Å². The summed E-state index contributed by atoms with van der Waals surface area (Å²) in [4.78, 5) is 82.8. The highest BCUT2D eigenvalue weighted by Gasteiger charge is 2.46. The van der Waals surface area contributed by atoms with Crippen LogP contribution < -0.4 is 15.5 Å². The van der Waals surface area contributed by atoms with Crippen LogP contribution >= 0.6 is 0 Å². The van der Waals surface area contributed by atoms with Gasteiger partial charge in [-0.15, -0.1) is 0 Å². The van der Waals surface area contributed by atoms with E-state index in [1.165, 1.54) is 0 Å². The molecule has 5 rings (SSSR count). The molecule has 3 fully saturated rings. The number of nitrogens with zero attached hydrogens (tertiary/aromatic N) is 4. The van der Waals surface area contributed by atoms with Gasteiger partial charge in [0.2, 0.25) is 17.7 Å². The van der Waals surface area contributed by atoms with Gasteiger partial charge < -0.3 is 19.9 Å². The van der Waals surface area contributed by atoms with E-state index < -0.39 is 41.4 Å². The zero-order chi connectivity index (χ0) is 30.2. The van der Waals surface area contributed by atoms with Crippen molar-refractivity contribution < 1.29 is 33.5 Å². The molecule has 4 heterocycles. The summed E-state index contributed by atoms with van der Waals surface area (Å²) in [5.74, 6) is -2.11. The van der Waals surface area contributed by atoms with Crippen LogP contribution in [0, 0.1) is 0 Å². The maximum absolute atomic E-state index is 13.5. The van der Waals surface area contributed by atoms with Crippen LogP contribution in [0.2, 0.25) is 0 Å². The number of hydrogen-bond acceptors (Lipinski definition) is 9. The van der Waals surface area contributed by atoms with Crippen LogP contribution in [0.1, 0.15) is 67.2 Å². The van der Waals surface area contributed by atoms with E-state index in [1.54, 1.807) is 23.1 Å². The number of nitrogens with one attached hydrogen (secondary N) is 2. The fourth-order valence-corrected chi connectivity index (χ4v) is 5.99. The average Bonchev–Trinajstić information content (AvgIpc) is 3.18. The molecule has 3 saturated heterocycles. The Hall–Kier alpha value is -4.00. The molecule has 0 saturated carbocycles. The Morgan fingerprint density at radius 2 is 1.74 bits per heavy atom. The van der Waals surface area contributed by atoms with Gasteiger partial charge in [0.05, 0.1) is 23.4 Å². The second-order valence-electron chi connectivity index (χ2n) is 12.2. The number of anilines is 1. The molecule has 0 aliphatic carbocycles. The molecule has 42 heavy (non-hydrogen) atoms. The van der Waals surface area contributed by atoms with Crippen LogP contribution in [-0.4, -0.2) is 114 Å². The molecular weight excluding hydrogens is 544 g/mol. The average molecular weight is 583 g/mol. The number of piperazine rings is 1. The standard InChI is InChI=1S/C29H38N6O7/c1-29(2,3)42-28(41)30-18-6-5-11-34(16-18)23(37)17-32-12-14-33(15-13-32)20-8-4-7-19-24(20)27(40)35(26(19)39)21-9-10-22(36)31-25(21)38/h4,7-8,18,21H,5-6,9-17H2,1-3H3,(H,30,41)(H,31,36,38)/t18-,21?/m0/s1. The lowest BCUT2D eigenvalue weighted by atomic mass is 10.0. The highest BCUT2D eigenvalue weighted by atomic mass is 16.6. The van der Waals surface area contributed by atoms with Crippen LogP contribution in [0.4, 0.5) is 10.5 Å². The van der Waals surface area contributed by atoms with E-state index in [1.807, 2.05) is 25.7 Å². The van der Waals surface area contributed by atoms with Crippen molar-refractivity contribution in [3.63, 3.8) is 0 Å². The summed E-state index contributed by atoms with van der Waals surface area (Å²) < 4.78 is 5.35. The molecule has 2 N–H and O–H groups in total. The lowest BCUT2D eigenvalue weighted by Gasteiger charge is -2.38. The Morgan fingerprint density at radius 1 is 1.00 bits per heavy atom. The maximum atomic E-state index is 13.5. The largest absolute Gasteiger partial charge is 0.444 e. The van der Waals surface area contributed by atoms with Gasteiger partial charge in [-0.2, -0.15) is 0 Å². The third kappa shape index (κ3) is 6.25. The van der Waals surface area contributed by atoms with Crippen molar-refractivity contribution in [3.05, 3.63) is 29.3 Å². The van der Waals surface area contributed by atoms with Gasteiger partial charge in [0, 0.05) is 51.7 Å². The minimum atomic E-state index is -1.01. The molecule has 0 aromatic heterocycles. The fourth-order valence-electron chi connectivity index (χ4n) is 5.99. The number of likely N-dealkylation sites (tertiary alicyclic amines) is 1. The first-order valence-electron chi connectivity index (χ1n) is 14.5. The van der Waals surface area contributed by atoms with Gasteiger partial charge in [0.25, 0.3) is 11.8 Å². The van der Waals surface area contributed by atoms with Crippen LogP contribution in [0.3, 0.4) is 0 Å². The predicted molar refractivity (Wildman–Crippen MR) is 151 cm³/mol. The number of imide groups is 2. The molecule has 13 nitrogen and oxygen atoms in total.